The van der Waals surface area contributed by atoms with Crippen molar-refractivity contribution in [3.05, 3.63) is 59.1 Å². The van der Waals surface area contributed by atoms with Crippen LogP contribution in [-0.4, -0.2) is 32.9 Å². The first-order valence-electron chi connectivity index (χ1n) is 7.77. The van der Waals surface area contributed by atoms with Crippen LogP contribution in [0.2, 0.25) is 5.02 Å². The highest BCUT2D eigenvalue weighted by molar-refractivity contribution is 8.00. The van der Waals surface area contributed by atoms with Gasteiger partial charge in [0.25, 0.3) is 0 Å². The van der Waals surface area contributed by atoms with Gasteiger partial charge in [0.05, 0.1) is 18.1 Å². The summed E-state index contributed by atoms with van der Waals surface area (Å²) in [4.78, 5) is 0. The Hall–Kier alpha value is -2.31. The number of fused-ring (bicyclic) bond motifs is 1. The standard InChI is InChI=1S/C18H15ClN4OS/c1-11-16(12-5-3-7-14(19)9-12)22-23-17(20-21-18(23)25-11)13-6-4-8-15(10-13)24-2/h3-11H,1-2H3/t11-/m1/s1. The summed E-state index contributed by atoms with van der Waals surface area (Å²) in [6, 6.07) is 15.5. The summed E-state index contributed by atoms with van der Waals surface area (Å²) in [6.07, 6.45) is 0. The van der Waals surface area contributed by atoms with Gasteiger partial charge in [-0.15, -0.1) is 10.2 Å². The molecule has 7 heteroatoms. The minimum atomic E-state index is 0.160. The summed E-state index contributed by atoms with van der Waals surface area (Å²) in [5.41, 5.74) is 2.86. The fourth-order valence-electron chi connectivity index (χ4n) is 2.71. The van der Waals surface area contributed by atoms with E-state index in [1.165, 1.54) is 0 Å². The van der Waals surface area contributed by atoms with Crippen molar-refractivity contribution in [2.75, 3.05) is 7.11 Å². The monoisotopic (exact) mass is 370 g/mol. The topological polar surface area (TPSA) is 52.3 Å². The molecule has 126 valence electrons. The molecule has 1 aliphatic heterocycles. The predicted octanol–water partition coefficient (Wildman–Crippen LogP) is 4.35. The molecule has 3 aromatic rings. The number of aromatic nitrogens is 3. The Balaban J connectivity index is 1.83. The highest BCUT2D eigenvalue weighted by Gasteiger charge is 2.26. The van der Waals surface area contributed by atoms with Gasteiger partial charge < -0.3 is 4.74 Å². The van der Waals surface area contributed by atoms with Crippen molar-refractivity contribution in [1.29, 1.82) is 0 Å². The van der Waals surface area contributed by atoms with Gasteiger partial charge in [0.15, 0.2) is 5.82 Å². The molecule has 0 saturated carbocycles. The van der Waals surface area contributed by atoms with Gasteiger partial charge in [-0.2, -0.15) is 9.78 Å². The first-order valence-corrected chi connectivity index (χ1v) is 9.03. The maximum atomic E-state index is 6.14. The van der Waals surface area contributed by atoms with E-state index in [1.54, 1.807) is 23.5 Å². The zero-order valence-electron chi connectivity index (χ0n) is 13.7. The van der Waals surface area contributed by atoms with Crippen molar-refractivity contribution in [3.63, 3.8) is 0 Å². The average molecular weight is 371 g/mol. The summed E-state index contributed by atoms with van der Waals surface area (Å²) in [6.45, 7) is 2.10. The lowest BCUT2D eigenvalue weighted by atomic mass is 10.1. The number of nitrogens with zero attached hydrogens (tertiary/aromatic N) is 4. The summed E-state index contributed by atoms with van der Waals surface area (Å²) < 4.78 is 7.09. The first-order chi connectivity index (χ1) is 12.2. The van der Waals surface area contributed by atoms with Gasteiger partial charge in [-0.3, -0.25) is 0 Å². The lowest BCUT2D eigenvalue weighted by Gasteiger charge is -2.20. The Labute approximate surface area is 154 Å². The molecule has 1 aromatic heterocycles. The Morgan fingerprint density at radius 1 is 1.08 bits per heavy atom. The number of hydrogen-bond acceptors (Lipinski definition) is 5. The highest BCUT2D eigenvalue weighted by Crippen LogP contribution is 2.33. The smallest absolute Gasteiger partial charge is 0.213 e. The molecule has 5 nitrogen and oxygen atoms in total. The molecule has 0 amide bonds. The molecule has 4 rings (SSSR count). The second kappa shape index (κ2) is 6.54. The van der Waals surface area contributed by atoms with E-state index in [2.05, 4.69) is 17.1 Å². The van der Waals surface area contributed by atoms with Gasteiger partial charge in [-0.25, -0.2) is 0 Å². The second-order valence-corrected chi connectivity index (χ2v) is 7.35. The van der Waals surface area contributed by atoms with E-state index in [-0.39, 0.29) is 5.25 Å². The van der Waals surface area contributed by atoms with Crippen LogP contribution >= 0.6 is 23.4 Å². The Morgan fingerprint density at radius 3 is 2.68 bits per heavy atom. The SMILES string of the molecule is COc1cccc(-c2nnc3n2N=C(c2cccc(Cl)c2)[C@@H](C)S3)c1. The zero-order chi connectivity index (χ0) is 17.4. The van der Waals surface area contributed by atoms with Crippen molar-refractivity contribution >= 4 is 29.1 Å². The molecular weight excluding hydrogens is 356 g/mol. The number of methoxy groups -OCH3 is 1. The normalized spacial score (nSPS) is 16.3. The Bertz CT molecular complexity index is 969. The van der Waals surface area contributed by atoms with Crippen molar-refractivity contribution in [1.82, 2.24) is 14.9 Å². The van der Waals surface area contributed by atoms with Crippen LogP contribution in [0.4, 0.5) is 0 Å². The van der Waals surface area contributed by atoms with Crippen molar-refractivity contribution < 1.29 is 4.74 Å². The van der Waals surface area contributed by atoms with E-state index < -0.39 is 0 Å². The number of halogens is 1. The highest BCUT2D eigenvalue weighted by atomic mass is 35.5. The lowest BCUT2D eigenvalue weighted by molar-refractivity contribution is 0.415. The maximum absolute atomic E-state index is 6.14. The van der Waals surface area contributed by atoms with Crippen LogP contribution < -0.4 is 4.74 Å². The minimum absolute atomic E-state index is 0.160. The summed E-state index contributed by atoms with van der Waals surface area (Å²) in [7, 11) is 1.64. The Morgan fingerprint density at radius 2 is 1.88 bits per heavy atom. The molecular formula is C18H15ClN4OS. The molecule has 1 aliphatic rings. The van der Waals surface area contributed by atoms with Gasteiger partial charge in [-0.1, -0.05) is 47.6 Å². The molecule has 0 bridgehead atoms. The molecule has 1 atom stereocenters. The third kappa shape index (κ3) is 3.03. The van der Waals surface area contributed by atoms with E-state index in [9.17, 15) is 0 Å². The third-order valence-electron chi connectivity index (χ3n) is 3.94. The number of ether oxygens (including phenoxy) is 1. The molecule has 2 heterocycles. The van der Waals surface area contributed by atoms with Crippen LogP contribution in [0.3, 0.4) is 0 Å². The molecule has 0 N–H and O–H groups in total. The zero-order valence-corrected chi connectivity index (χ0v) is 15.3. The van der Waals surface area contributed by atoms with E-state index >= 15 is 0 Å². The number of hydrogen-bond donors (Lipinski definition) is 0. The van der Waals surface area contributed by atoms with Crippen molar-refractivity contribution in [3.8, 4) is 17.1 Å². The van der Waals surface area contributed by atoms with Crippen LogP contribution in [0, 0.1) is 0 Å². The van der Waals surface area contributed by atoms with Gasteiger partial charge in [0.2, 0.25) is 5.16 Å². The fourth-order valence-corrected chi connectivity index (χ4v) is 3.83. The van der Waals surface area contributed by atoms with Crippen LogP contribution in [-0.2, 0) is 0 Å². The van der Waals surface area contributed by atoms with Crippen LogP contribution in [0.15, 0.2) is 58.8 Å². The summed E-state index contributed by atoms with van der Waals surface area (Å²) in [5, 5.41) is 15.1. The molecule has 0 unspecified atom stereocenters. The molecule has 0 aliphatic carbocycles. The van der Waals surface area contributed by atoms with Crippen molar-refractivity contribution in [2.45, 2.75) is 17.3 Å². The average Bonchev–Trinajstić information content (AvgIpc) is 3.03. The summed E-state index contributed by atoms with van der Waals surface area (Å²) in [5.74, 6) is 1.46. The lowest BCUT2D eigenvalue weighted by Crippen LogP contribution is -2.21. The van der Waals surface area contributed by atoms with Crippen molar-refractivity contribution in [2.24, 2.45) is 5.10 Å². The second-order valence-electron chi connectivity index (χ2n) is 5.61. The minimum Gasteiger partial charge on any atom is -0.497 e. The summed E-state index contributed by atoms with van der Waals surface area (Å²) >= 11 is 7.77. The van der Waals surface area contributed by atoms with Gasteiger partial charge in [-0.05, 0) is 31.2 Å². The van der Waals surface area contributed by atoms with E-state index in [0.29, 0.717) is 10.8 Å². The van der Waals surface area contributed by atoms with E-state index in [4.69, 9.17) is 21.4 Å². The molecule has 0 spiro atoms. The number of benzene rings is 2. The van der Waals surface area contributed by atoms with Crippen LogP contribution in [0.1, 0.15) is 12.5 Å². The quantitative estimate of drug-likeness (QED) is 0.687. The van der Waals surface area contributed by atoms with Crippen LogP contribution in [0.5, 0.6) is 5.75 Å². The molecule has 2 aromatic carbocycles. The molecule has 0 fully saturated rings. The number of rotatable bonds is 3. The predicted molar refractivity (Wildman–Crippen MR) is 101 cm³/mol. The molecule has 0 radical (unpaired) electrons. The van der Waals surface area contributed by atoms with Gasteiger partial charge >= 0.3 is 0 Å². The number of thioether (sulfide) groups is 1. The molecule has 0 saturated heterocycles. The van der Waals surface area contributed by atoms with Gasteiger partial charge in [0, 0.05) is 16.1 Å². The van der Waals surface area contributed by atoms with E-state index in [0.717, 1.165) is 27.7 Å². The maximum Gasteiger partial charge on any atom is 0.213 e. The van der Waals surface area contributed by atoms with Crippen LogP contribution in [0.25, 0.3) is 11.4 Å². The third-order valence-corrected chi connectivity index (χ3v) is 5.21. The van der Waals surface area contributed by atoms with E-state index in [1.807, 2.05) is 48.5 Å². The fraction of sp³-hybridized carbons (Fsp3) is 0.167. The Kier molecular flexibility index (Phi) is 4.23. The largest absolute Gasteiger partial charge is 0.497 e. The first kappa shape index (κ1) is 16.2. The molecule has 25 heavy (non-hydrogen) atoms. The van der Waals surface area contributed by atoms with Gasteiger partial charge in [0.1, 0.15) is 5.75 Å².